The molecule has 4 rings (SSSR count). The molecule has 6 nitrogen and oxygen atoms in total. The van der Waals surface area contributed by atoms with E-state index in [2.05, 4.69) is 62.8 Å². The Morgan fingerprint density at radius 1 is 1.04 bits per heavy atom. The fraction of sp³-hybridized carbons (Fsp3) is 0.619. The number of aromatic nitrogens is 3. The van der Waals surface area contributed by atoms with Gasteiger partial charge < -0.3 is 9.30 Å². The fourth-order valence-corrected chi connectivity index (χ4v) is 4.27. The number of nitrogens with zero attached hydrogens (tertiary/aromatic N) is 5. The highest BCUT2D eigenvalue weighted by molar-refractivity contribution is 5.25. The standard InChI is InChI=1S/C21H31N5O/c1-17-6-3-4-7-18(17)14-26-9-5-8-19(15-26)21-23-22-20(24(21)2)16-25-10-12-27-13-11-25/h3-4,6-7,19H,5,8-16H2,1-2H3. The van der Waals surface area contributed by atoms with Crippen LogP contribution in [0.25, 0.3) is 0 Å². The predicted octanol–water partition coefficient (Wildman–Crippen LogP) is 2.34. The van der Waals surface area contributed by atoms with Crippen LogP contribution in [0, 0.1) is 6.92 Å². The van der Waals surface area contributed by atoms with Crippen molar-refractivity contribution in [1.82, 2.24) is 24.6 Å². The molecule has 0 radical (unpaired) electrons. The molecule has 1 aromatic carbocycles. The first-order chi connectivity index (χ1) is 13.2. The van der Waals surface area contributed by atoms with E-state index < -0.39 is 0 Å². The molecule has 0 saturated carbocycles. The van der Waals surface area contributed by atoms with Crippen molar-refractivity contribution in [2.24, 2.45) is 7.05 Å². The maximum atomic E-state index is 5.45. The minimum Gasteiger partial charge on any atom is -0.379 e. The normalized spacial score (nSPS) is 22.2. The van der Waals surface area contributed by atoms with Gasteiger partial charge in [0.2, 0.25) is 0 Å². The lowest BCUT2D eigenvalue weighted by Crippen LogP contribution is -2.36. The summed E-state index contributed by atoms with van der Waals surface area (Å²) in [5.41, 5.74) is 2.82. The van der Waals surface area contributed by atoms with Crippen LogP contribution in [0.5, 0.6) is 0 Å². The Balaban J connectivity index is 1.41. The lowest BCUT2D eigenvalue weighted by atomic mass is 9.96. The quantitative estimate of drug-likeness (QED) is 0.810. The molecule has 0 spiro atoms. The van der Waals surface area contributed by atoms with E-state index in [0.717, 1.165) is 57.6 Å². The molecule has 2 aliphatic heterocycles. The second-order valence-corrected chi connectivity index (χ2v) is 7.92. The molecule has 0 amide bonds. The third-order valence-electron chi connectivity index (χ3n) is 5.99. The van der Waals surface area contributed by atoms with Crippen LogP contribution in [-0.2, 0) is 24.9 Å². The van der Waals surface area contributed by atoms with Crippen LogP contribution >= 0.6 is 0 Å². The highest BCUT2D eigenvalue weighted by Crippen LogP contribution is 2.27. The number of rotatable bonds is 5. The average Bonchev–Trinajstić information content (AvgIpc) is 3.05. The van der Waals surface area contributed by atoms with Crippen LogP contribution in [0.1, 0.15) is 41.5 Å². The van der Waals surface area contributed by atoms with Crippen molar-refractivity contribution >= 4 is 0 Å². The number of benzene rings is 1. The summed E-state index contributed by atoms with van der Waals surface area (Å²) in [6.45, 7) is 9.95. The zero-order valence-corrected chi connectivity index (χ0v) is 16.6. The van der Waals surface area contributed by atoms with Gasteiger partial charge in [-0.15, -0.1) is 10.2 Å². The molecule has 1 aromatic heterocycles. The van der Waals surface area contributed by atoms with E-state index in [1.165, 1.54) is 30.5 Å². The second kappa shape index (κ2) is 8.50. The SMILES string of the molecule is Cc1ccccc1CN1CCCC(c2nnc(CN3CCOCC3)n2C)C1. The molecular formula is C21H31N5O. The zero-order valence-electron chi connectivity index (χ0n) is 16.6. The molecule has 2 fully saturated rings. The van der Waals surface area contributed by atoms with Gasteiger partial charge in [-0.2, -0.15) is 0 Å². The van der Waals surface area contributed by atoms with E-state index in [-0.39, 0.29) is 0 Å². The van der Waals surface area contributed by atoms with Crippen molar-refractivity contribution in [1.29, 1.82) is 0 Å². The van der Waals surface area contributed by atoms with Crippen LogP contribution in [-0.4, -0.2) is 64.0 Å². The molecule has 146 valence electrons. The molecule has 1 atom stereocenters. The molecule has 2 aromatic rings. The summed E-state index contributed by atoms with van der Waals surface area (Å²) in [4.78, 5) is 4.98. The maximum absolute atomic E-state index is 5.45. The molecule has 0 aliphatic carbocycles. The van der Waals surface area contributed by atoms with E-state index in [1.54, 1.807) is 0 Å². The van der Waals surface area contributed by atoms with Gasteiger partial charge in [-0.3, -0.25) is 9.80 Å². The van der Waals surface area contributed by atoms with E-state index in [4.69, 9.17) is 4.74 Å². The topological polar surface area (TPSA) is 46.4 Å². The smallest absolute Gasteiger partial charge is 0.146 e. The van der Waals surface area contributed by atoms with Crippen molar-refractivity contribution < 1.29 is 4.74 Å². The summed E-state index contributed by atoms with van der Waals surface area (Å²) >= 11 is 0. The van der Waals surface area contributed by atoms with E-state index in [9.17, 15) is 0 Å². The third kappa shape index (κ3) is 4.39. The van der Waals surface area contributed by atoms with Gasteiger partial charge in [0, 0.05) is 39.1 Å². The summed E-state index contributed by atoms with van der Waals surface area (Å²) in [6.07, 6.45) is 2.43. The summed E-state index contributed by atoms with van der Waals surface area (Å²) in [5.74, 6) is 2.69. The van der Waals surface area contributed by atoms with Gasteiger partial charge in [-0.05, 0) is 37.4 Å². The average molecular weight is 370 g/mol. The van der Waals surface area contributed by atoms with Gasteiger partial charge in [0.05, 0.1) is 19.8 Å². The van der Waals surface area contributed by atoms with Crippen molar-refractivity contribution in [3.8, 4) is 0 Å². The number of piperidine rings is 1. The zero-order chi connectivity index (χ0) is 18.6. The number of likely N-dealkylation sites (tertiary alicyclic amines) is 1. The molecule has 27 heavy (non-hydrogen) atoms. The first kappa shape index (κ1) is 18.6. The Bertz CT molecular complexity index is 753. The minimum absolute atomic E-state index is 0.471. The molecule has 1 unspecified atom stereocenters. The van der Waals surface area contributed by atoms with Gasteiger partial charge in [0.15, 0.2) is 0 Å². The van der Waals surface area contributed by atoms with Crippen molar-refractivity contribution in [3.63, 3.8) is 0 Å². The Kier molecular flexibility index (Phi) is 5.86. The van der Waals surface area contributed by atoms with Crippen molar-refractivity contribution in [3.05, 3.63) is 47.0 Å². The molecule has 2 saturated heterocycles. The Hall–Kier alpha value is -1.76. The van der Waals surface area contributed by atoms with Gasteiger partial charge >= 0.3 is 0 Å². The van der Waals surface area contributed by atoms with Crippen LogP contribution in [0.4, 0.5) is 0 Å². The number of aryl methyl sites for hydroxylation is 1. The summed E-state index contributed by atoms with van der Waals surface area (Å²) in [6, 6.07) is 8.72. The van der Waals surface area contributed by atoms with Crippen LogP contribution in [0.15, 0.2) is 24.3 Å². The molecule has 0 bridgehead atoms. The molecule has 0 N–H and O–H groups in total. The van der Waals surface area contributed by atoms with Crippen molar-refractivity contribution in [2.75, 3.05) is 39.4 Å². The third-order valence-corrected chi connectivity index (χ3v) is 5.99. The predicted molar refractivity (Wildman–Crippen MR) is 106 cm³/mol. The number of hydrogen-bond donors (Lipinski definition) is 0. The van der Waals surface area contributed by atoms with Crippen LogP contribution in [0.3, 0.4) is 0 Å². The lowest BCUT2D eigenvalue weighted by molar-refractivity contribution is 0.0326. The Labute approximate surface area is 162 Å². The summed E-state index contributed by atoms with van der Waals surface area (Å²) in [7, 11) is 2.13. The van der Waals surface area contributed by atoms with Gasteiger partial charge in [0.25, 0.3) is 0 Å². The molecule has 6 heteroatoms. The minimum atomic E-state index is 0.471. The Morgan fingerprint density at radius 3 is 2.67 bits per heavy atom. The fourth-order valence-electron chi connectivity index (χ4n) is 4.27. The van der Waals surface area contributed by atoms with Gasteiger partial charge in [-0.25, -0.2) is 0 Å². The maximum Gasteiger partial charge on any atom is 0.146 e. The van der Waals surface area contributed by atoms with Gasteiger partial charge in [-0.1, -0.05) is 24.3 Å². The molecule has 2 aliphatic rings. The molecular weight excluding hydrogens is 338 g/mol. The second-order valence-electron chi connectivity index (χ2n) is 7.92. The monoisotopic (exact) mass is 369 g/mol. The first-order valence-corrected chi connectivity index (χ1v) is 10.2. The molecule has 3 heterocycles. The lowest BCUT2D eigenvalue weighted by Gasteiger charge is -2.32. The number of morpholine rings is 1. The number of hydrogen-bond acceptors (Lipinski definition) is 5. The van der Waals surface area contributed by atoms with Crippen LogP contribution < -0.4 is 0 Å². The highest BCUT2D eigenvalue weighted by Gasteiger charge is 2.26. The van der Waals surface area contributed by atoms with Gasteiger partial charge in [0.1, 0.15) is 11.6 Å². The highest BCUT2D eigenvalue weighted by atomic mass is 16.5. The first-order valence-electron chi connectivity index (χ1n) is 10.2. The summed E-state index contributed by atoms with van der Waals surface area (Å²) in [5, 5.41) is 9.11. The summed E-state index contributed by atoms with van der Waals surface area (Å²) < 4.78 is 7.68. The Morgan fingerprint density at radius 2 is 1.85 bits per heavy atom. The largest absolute Gasteiger partial charge is 0.379 e. The van der Waals surface area contributed by atoms with Crippen molar-refractivity contribution in [2.45, 2.75) is 38.8 Å². The van der Waals surface area contributed by atoms with E-state index in [0.29, 0.717) is 5.92 Å². The van der Waals surface area contributed by atoms with E-state index >= 15 is 0 Å². The number of ether oxygens (including phenoxy) is 1. The van der Waals surface area contributed by atoms with E-state index in [1.807, 2.05) is 0 Å². The van der Waals surface area contributed by atoms with Crippen LogP contribution in [0.2, 0.25) is 0 Å².